The largest absolute Gasteiger partial charge is 0.371 e. The molecule has 130 valence electrons. The molecule has 1 heterocycles. The molecule has 0 amide bonds. The van der Waals surface area contributed by atoms with Crippen LogP contribution in [0.5, 0.6) is 0 Å². The Balaban J connectivity index is 2.13. The highest BCUT2D eigenvalue weighted by Crippen LogP contribution is 2.36. The van der Waals surface area contributed by atoms with Crippen molar-refractivity contribution in [2.45, 2.75) is 12.5 Å². The van der Waals surface area contributed by atoms with Crippen molar-refractivity contribution in [2.24, 2.45) is 0 Å². The third kappa shape index (κ3) is 3.57. The summed E-state index contributed by atoms with van der Waals surface area (Å²) < 4.78 is 54.9. The highest BCUT2D eigenvalue weighted by Gasteiger charge is 2.26. The van der Waals surface area contributed by atoms with Crippen molar-refractivity contribution in [2.75, 3.05) is 5.32 Å². The molecule has 3 aromatic rings. The number of halogens is 6. The summed E-state index contributed by atoms with van der Waals surface area (Å²) in [5.74, 6) is -1.31. The summed E-state index contributed by atoms with van der Waals surface area (Å²) in [5.41, 5.74) is 0.162. The number of alkyl halides is 2. The van der Waals surface area contributed by atoms with Gasteiger partial charge in [-0.3, -0.25) is 4.98 Å². The van der Waals surface area contributed by atoms with Gasteiger partial charge in [-0.1, -0.05) is 29.8 Å². The van der Waals surface area contributed by atoms with Crippen LogP contribution in [0.25, 0.3) is 10.9 Å². The molecule has 0 radical (unpaired) electrons. The average Bonchev–Trinajstić information content (AvgIpc) is 2.56. The topological polar surface area (TPSA) is 24.9 Å². The lowest BCUT2D eigenvalue weighted by molar-refractivity contribution is 0.123. The number of hydrogen-bond acceptors (Lipinski definition) is 2. The van der Waals surface area contributed by atoms with Crippen LogP contribution in [0.15, 0.2) is 47.1 Å². The molecular formula is C17H10BrClF4N2. The lowest BCUT2D eigenvalue weighted by atomic mass is 10.1. The zero-order chi connectivity index (χ0) is 18.1. The number of aromatic nitrogens is 1. The van der Waals surface area contributed by atoms with Crippen LogP contribution in [-0.2, 0) is 0 Å². The van der Waals surface area contributed by atoms with Crippen molar-refractivity contribution in [3.63, 3.8) is 0 Å². The van der Waals surface area contributed by atoms with Gasteiger partial charge in [-0.05, 0) is 28.1 Å². The van der Waals surface area contributed by atoms with E-state index in [1.54, 1.807) is 0 Å². The maximum atomic E-state index is 14.0. The highest BCUT2D eigenvalue weighted by atomic mass is 79.9. The number of hydrogen-bond donors (Lipinski definition) is 1. The van der Waals surface area contributed by atoms with E-state index in [0.29, 0.717) is 5.39 Å². The molecule has 0 saturated carbocycles. The lowest BCUT2D eigenvalue weighted by Gasteiger charge is -2.22. The molecule has 0 aliphatic heterocycles. The van der Waals surface area contributed by atoms with Crippen molar-refractivity contribution in [1.29, 1.82) is 0 Å². The van der Waals surface area contributed by atoms with Crippen LogP contribution < -0.4 is 5.32 Å². The SMILES string of the molecule is Fc1cc2ncc(Cl)c(N[C@@H](c3ccccc3F)C(F)F)c2cc1Br. The molecule has 1 aromatic heterocycles. The van der Waals surface area contributed by atoms with Crippen LogP contribution >= 0.6 is 27.5 Å². The van der Waals surface area contributed by atoms with Crippen molar-refractivity contribution < 1.29 is 17.6 Å². The minimum atomic E-state index is -2.90. The summed E-state index contributed by atoms with van der Waals surface area (Å²) >= 11 is 9.14. The van der Waals surface area contributed by atoms with Crippen LogP contribution in [0.3, 0.4) is 0 Å². The molecule has 25 heavy (non-hydrogen) atoms. The second-order valence-electron chi connectivity index (χ2n) is 5.24. The fourth-order valence-corrected chi connectivity index (χ4v) is 3.02. The number of fused-ring (bicyclic) bond motifs is 1. The van der Waals surface area contributed by atoms with Gasteiger partial charge in [-0.25, -0.2) is 17.6 Å². The zero-order valence-corrected chi connectivity index (χ0v) is 14.8. The van der Waals surface area contributed by atoms with E-state index in [9.17, 15) is 17.6 Å². The second-order valence-corrected chi connectivity index (χ2v) is 6.50. The number of pyridine rings is 1. The van der Waals surface area contributed by atoms with E-state index < -0.39 is 24.1 Å². The molecule has 8 heteroatoms. The first-order valence-corrected chi connectivity index (χ1v) is 8.28. The van der Waals surface area contributed by atoms with Gasteiger partial charge in [0.1, 0.15) is 17.7 Å². The van der Waals surface area contributed by atoms with E-state index in [0.717, 1.165) is 12.1 Å². The Bertz CT molecular complexity index is 936. The molecule has 0 bridgehead atoms. The summed E-state index contributed by atoms with van der Waals surface area (Å²) in [4.78, 5) is 3.99. The Morgan fingerprint density at radius 1 is 1.08 bits per heavy atom. The van der Waals surface area contributed by atoms with Crippen molar-refractivity contribution in [1.82, 2.24) is 4.98 Å². The van der Waals surface area contributed by atoms with Crippen LogP contribution in [0.1, 0.15) is 11.6 Å². The van der Waals surface area contributed by atoms with Gasteiger partial charge >= 0.3 is 0 Å². The fourth-order valence-electron chi connectivity index (χ4n) is 2.47. The summed E-state index contributed by atoms with van der Waals surface area (Å²) in [5, 5.41) is 2.99. The van der Waals surface area contributed by atoms with Crippen LogP contribution in [-0.4, -0.2) is 11.4 Å². The first-order valence-electron chi connectivity index (χ1n) is 7.11. The third-order valence-corrected chi connectivity index (χ3v) is 4.55. The molecule has 0 spiro atoms. The van der Waals surface area contributed by atoms with E-state index >= 15 is 0 Å². The fraction of sp³-hybridized carbons (Fsp3) is 0.118. The van der Waals surface area contributed by atoms with E-state index in [-0.39, 0.29) is 26.3 Å². The van der Waals surface area contributed by atoms with Crippen molar-refractivity contribution >= 4 is 44.1 Å². The van der Waals surface area contributed by atoms with Crippen LogP contribution in [0.2, 0.25) is 5.02 Å². The number of nitrogens with one attached hydrogen (secondary N) is 1. The Labute approximate surface area is 154 Å². The van der Waals surface area contributed by atoms with Gasteiger partial charge in [0, 0.05) is 23.2 Å². The smallest absolute Gasteiger partial charge is 0.262 e. The highest BCUT2D eigenvalue weighted by molar-refractivity contribution is 9.10. The van der Waals surface area contributed by atoms with E-state index in [4.69, 9.17) is 11.6 Å². The van der Waals surface area contributed by atoms with Gasteiger partial charge in [-0.15, -0.1) is 0 Å². The van der Waals surface area contributed by atoms with Crippen LogP contribution in [0, 0.1) is 11.6 Å². The predicted molar refractivity (Wildman–Crippen MR) is 93.2 cm³/mol. The van der Waals surface area contributed by atoms with E-state index in [2.05, 4.69) is 26.2 Å². The average molecular weight is 434 g/mol. The number of nitrogens with zero attached hydrogens (tertiary/aromatic N) is 1. The summed E-state index contributed by atoms with van der Waals surface area (Å²) in [6, 6.07) is 6.16. The number of anilines is 1. The molecule has 2 nitrogen and oxygen atoms in total. The summed E-state index contributed by atoms with van der Waals surface area (Å²) in [7, 11) is 0. The van der Waals surface area contributed by atoms with Crippen molar-refractivity contribution in [3.8, 4) is 0 Å². The van der Waals surface area contributed by atoms with Gasteiger partial charge in [0.2, 0.25) is 0 Å². The first kappa shape index (κ1) is 17.9. The molecule has 0 fully saturated rings. The zero-order valence-electron chi connectivity index (χ0n) is 12.4. The predicted octanol–water partition coefficient (Wildman–Crippen LogP) is 6.35. The number of benzene rings is 2. The molecule has 2 aromatic carbocycles. The minimum Gasteiger partial charge on any atom is -0.371 e. The summed E-state index contributed by atoms with van der Waals surface area (Å²) in [6.07, 6.45) is -1.68. The first-order chi connectivity index (χ1) is 11.9. The summed E-state index contributed by atoms with van der Waals surface area (Å²) in [6.45, 7) is 0. The van der Waals surface area contributed by atoms with E-state index in [1.807, 2.05) is 0 Å². The molecule has 1 atom stereocenters. The molecule has 3 rings (SSSR count). The van der Waals surface area contributed by atoms with Gasteiger partial charge in [0.05, 0.1) is 20.7 Å². The monoisotopic (exact) mass is 432 g/mol. The van der Waals surface area contributed by atoms with Crippen molar-refractivity contribution in [3.05, 3.63) is 69.3 Å². The lowest BCUT2D eigenvalue weighted by Crippen LogP contribution is -2.20. The normalized spacial score (nSPS) is 12.6. The Morgan fingerprint density at radius 2 is 1.80 bits per heavy atom. The number of rotatable bonds is 4. The molecular weight excluding hydrogens is 424 g/mol. The van der Waals surface area contributed by atoms with Crippen LogP contribution in [0.4, 0.5) is 23.2 Å². The van der Waals surface area contributed by atoms with Gasteiger partial charge in [0.25, 0.3) is 6.43 Å². The third-order valence-electron chi connectivity index (χ3n) is 3.66. The molecule has 0 saturated heterocycles. The molecule has 0 unspecified atom stereocenters. The Hall–Kier alpha value is -1.86. The minimum absolute atomic E-state index is 0.0630. The molecule has 0 aliphatic rings. The Kier molecular flexibility index (Phi) is 5.15. The molecule has 0 aliphatic carbocycles. The van der Waals surface area contributed by atoms with Gasteiger partial charge in [-0.2, -0.15) is 0 Å². The molecule has 1 N–H and O–H groups in total. The second kappa shape index (κ2) is 7.17. The maximum absolute atomic E-state index is 14.0. The van der Waals surface area contributed by atoms with Gasteiger partial charge in [0.15, 0.2) is 0 Å². The standard InChI is InChI=1S/C17H10BrClF4N2/c18-10-5-9-14(6-13(10)21)24-7-11(19)15(9)25-16(17(22)23)8-3-1-2-4-12(8)20/h1-7,16-17H,(H,24,25)/t16-/m0/s1. The van der Waals surface area contributed by atoms with Gasteiger partial charge < -0.3 is 5.32 Å². The maximum Gasteiger partial charge on any atom is 0.262 e. The Morgan fingerprint density at radius 3 is 2.48 bits per heavy atom. The van der Waals surface area contributed by atoms with E-state index in [1.165, 1.54) is 30.5 Å². The quantitative estimate of drug-likeness (QED) is 0.485.